The molecular formula is C15H23ClN2. The maximum Gasteiger partial charge on any atom is 0.0408 e. The molecule has 0 heterocycles. The second-order valence-corrected chi connectivity index (χ2v) is 6.53. The summed E-state index contributed by atoms with van der Waals surface area (Å²) in [6.45, 7) is 4.71. The molecule has 2 atom stereocenters. The van der Waals surface area contributed by atoms with E-state index in [9.17, 15) is 0 Å². The van der Waals surface area contributed by atoms with Gasteiger partial charge in [-0.1, -0.05) is 44.0 Å². The minimum absolute atomic E-state index is 0.334. The fraction of sp³-hybridized carbons (Fsp3) is 0.600. The topological polar surface area (TPSA) is 38.0 Å². The zero-order chi connectivity index (χ0) is 13.2. The van der Waals surface area contributed by atoms with Gasteiger partial charge in [0.25, 0.3) is 0 Å². The molecule has 2 rings (SSSR count). The highest BCUT2D eigenvalue weighted by atomic mass is 35.5. The fourth-order valence-electron chi connectivity index (χ4n) is 3.33. The van der Waals surface area contributed by atoms with Crippen molar-refractivity contribution in [3.8, 4) is 0 Å². The third-order valence-corrected chi connectivity index (χ3v) is 4.62. The molecule has 0 radical (unpaired) electrons. The highest BCUT2D eigenvalue weighted by molar-refractivity contribution is 6.30. The maximum atomic E-state index is 6.04. The van der Waals surface area contributed by atoms with Crippen LogP contribution >= 0.6 is 11.6 Å². The summed E-state index contributed by atoms with van der Waals surface area (Å²) in [5.74, 6) is 6.42. The third kappa shape index (κ3) is 3.05. The predicted octanol–water partition coefficient (Wildman–Crippen LogP) is 3.54. The Hall–Kier alpha value is -0.570. The summed E-state index contributed by atoms with van der Waals surface area (Å²) in [7, 11) is 0. The third-order valence-electron chi connectivity index (χ3n) is 4.38. The number of rotatable bonds is 4. The lowest BCUT2D eigenvalue weighted by molar-refractivity contribution is 0.196. The SMILES string of the molecule is CC1(C)CCCC1C(Cc1cccc(Cl)c1)NN. The summed E-state index contributed by atoms with van der Waals surface area (Å²) in [5.41, 5.74) is 4.67. The van der Waals surface area contributed by atoms with Crippen LogP contribution in [-0.4, -0.2) is 6.04 Å². The van der Waals surface area contributed by atoms with Crippen molar-refractivity contribution in [1.29, 1.82) is 0 Å². The first kappa shape index (κ1) is 13.9. The largest absolute Gasteiger partial charge is 0.271 e. The lowest BCUT2D eigenvalue weighted by atomic mass is 9.76. The summed E-state index contributed by atoms with van der Waals surface area (Å²) < 4.78 is 0. The van der Waals surface area contributed by atoms with Gasteiger partial charge in [-0.25, -0.2) is 0 Å². The Morgan fingerprint density at radius 2 is 2.28 bits per heavy atom. The van der Waals surface area contributed by atoms with E-state index < -0.39 is 0 Å². The molecule has 1 aliphatic carbocycles. The van der Waals surface area contributed by atoms with Crippen molar-refractivity contribution in [3.63, 3.8) is 0 Å². The monoisotopic (exact) mass is 266 g/mol. The molecule has 0 saturated heterocycles. The van der Waals surface area contributed by atoms with E-state index in [4.69, 9.17) is 17.4 Å². The van der Waals surface area contributed by atoms with Crippen molar-refractivity contribution in [2.45, 2.75) is 45.6 Å². The van der Waals surface area contributed by atoms with Crippen LogP contribution in [0.3, 0.4) is 0 Å². The number of hydrazine groups is 1. The standard InChI is InChI=1S/C15H23ClN2/c1-15(2)8-4-7-13(15)14(18-17)10-11-5-3-6-12(16)9-11/h3,5-6,9,13-14,18H,4,7-8,10,17H2,1-2H3. The zero-order valence-corrected chi connectivity index (χ0v) is 12.0. The van der Waals surface area contributed by atoms with E-state index in [-0.39, 0.29) is 0 Å². The van der Waals surface area contributed by atoms with E-state index in [0.29, 0.717) is 17.4 Å². The van der Waals surface area contributed by atoms with E-state index in [2.05, 4.69) is 25.3 Å². The van der Waals surface area contributed by atoms with Gasteiger partial charge in [0, 0.05) is 11.1 Å². The van der Waals surface area contributed by atoms with Gasteiger partial charge in [-0.05, 0) is 48.3 Å². The second kappa shape index (κ2) is 5.60. The van der Waals surface area contributed by atoms with Crippen LogP contribution in [-0.2, 0) is 6.42 Å². The number of benzene rings is 1. The van der Waals surface area contributed by atoms with Gasteiger partial charge in [-0.2, -0.15) is 0 Å². The van der Waals surface area contributed by atoms with Crippen LogP contribution in [0.4, 0.5) is 0 Å². The van der Waals surface area contributed by atoms with Crippen molar-refractivity contribution in [1.82, 2.24) is 5.43 Å². The van der Waals surface area contributed by atoms with Crippen LogP contribution in [0.1, 0.15) is 38.7 Å². The molecule has 0 bridgehead atoms. The van der Waals surface area contributed by atoms with E-state index in [1.807, 2.05) is 18.2 Å². The molecule has 18 heavy (non-hydrogen) atoms. The van der Waals surface area contributed by atoms with Gasteiger partial charge in [-0.15, -0.1) is 0 Å². The average Bonchev–Trinajstić information content (AvgIpc) is 2.66. The summed E-state index contributed by atoms with van der Waals surface area (Å²) >= 11 is 6.04. The van der Waals surface area contributed by atoms with Gasteiger partial charge in [0.1, 0.15) is 0 Å². The van der Waals surface area contributed by atoms with Crippen molar-refractivity contribution < 1.29 is 0 Å². The molecule has 1 aromatic rings. The maximum absolute atomic E-state index is 6.04. The Bertz CT molecular complexity index is 403. The fourth-order valence-corrected chi connectivity index (χ4v) is 3.55. The molecule has 0 aromatic heterocycles. The van der Waals surface area contributed by atoms with E-state index in [0.717, 1.165) is 11.4 Å². The zero-order valence-electron chi connectivity index (χ0n) is 11.2. The van der Waals surface area contributed by atoms with Crippen molar-refractivity contribution in [2.24, 2.45) is 17.2 Å². The van der Waals surface area contributed by atoms with E-state index in [1.165, 1.54) is 24.8 Å². The summed E-state index contributed by atoms with van der Waals surface area (Å²) in [6.07, 6.45) is 4.82. The minimum atomic E-state index is 0.334. The molecule has 0 aliphatic heterocycles. The number of nitrogens with two attached hydrogens (primary N) is 1. The highest BCUT2D eigenvalue weighted by Gasteiger charge is 2.39. The Labute approximate surface area is 115 Å². The highest BCUT2D eigenvalue weighted by Crippen LogP contribution is 2.44. The summed E-state index contributed by atoms with van der Waals surface area (Å²) in [5, 5.41) is 0.800. The van der Waals surface area contributed by atoms with E-state index >= 15 is 0 Å². The smallest absolute Gasteiger partial charge is 0.0408 e. The molecule has 2 unspecified atom stereocenters. The lowest BCUT2D eigenvalue weighted by Crippen LogP contribution is -2.45. The second-order valence-electron chi connectivity index (χ2n) is 6.09. The minimum Gasteiger partial charge on any atom is -0.271 e. The van der Waals surface area contributed by atoms with E-state index in [1.54, 1.807) is 0 Å². The molecule has 0 spiro atoms. The van der Waals surface area contributed by atoms with Gasteiger partial charge >= 0.3 is 0 Å². The van der Waals surface area contributed by atoms with Crippen LogP contribution in [0.15, 0.2) is 24.3 Å². The molecule has 1 aliphatic rings. The first-order valence-corrected chi connectivity index (χ1v) is 7.11. The molecule has 3 N–H and O–H groups in total. The van der Waals surface area contributed by atoms with Gasteiger partial charge in [0.2, 0.25) is 0 Å². The number of hydrogen-bond acceptors (Lipinski definition) is 2. The molecule has 3 heteroatoms. The van der Waals surface area contributed by atoms with Crippen molar-refractivity contribution in [3.05, 3.63) is 34.9 Å². The lowest BCUT2D eigenvalue weighted by Gasteiger charge is -2.34. The first-order chi connectivity index (χ1) is 8.53. The molecule has 1 fully saturated rings. The Balaban J connectivity index is 2.10. The molecule has 0 amide bonds. The summed E-state index contributed by atoms with van der Waals surface area (Å²) in [4.78, 5) is 0. The van der Waals surface area contributed by atoms with Gasteiger partial charge < -0.3 is 0 Å². The van der Waals surface area contributed by atoms with Gasteiger partial charge in [0.05, 0.1) is 0 Å². The van der Waals surface area contributed by atoms with Crippen LogP contribution in [0.5, 0.6) is 0 Å². The van der Waals surface area contributed by atoms with Crippen LogP contribution < -0.4 is 11.3 Å². The molecule has 1 saturated carbocycles. The number of hydrogen-bond donors (Lipinski definition) is 2. The average molecular weight is 267 g/mol. The van der Waals surface area contributed by atoms with Gasteiger partial charge in [0.15, 0.2) is 0 Å². The summed E-state index contributed by atoms with van der Waals surface area (Å²) in [6, 6.07) is 8.41. The number of halogens is 1. The van der Waals surface area contributed by atoms with Crippen LogP contribution in [0.2, 0.25) is 5.02 Å². The predicted molar refractivity (Wildman–Crippen MR) is 77.4 cm³/mol. The molecule has 1 aromatic carbocycles. The normalized spacial score (nSPS) is 24.1. The Morgan fingerprint density at radius 1 is 1.50 bits per heavy atom. The van der Waals surface area contributed by atoms with Crippen LogP contribution in [0.25, 0.3) is 0 Å². The molecule has 100 valence electrons. The van der Waals surface area contributed by atoms with Crippen molar-refractivity contribution in [2.75, 3.05) is 0 Å². The Kier molecular flexibility index (Phi) is 4.31. The van der Waals surface area contributed by atoms with Crippen LogP contribution in [0, 0.1) is 11.3 Å². The van der Waals surface area contributed by atoms with Crippen molar-refractivity contribution >= 4 is 11.6 Å². The quantitative estimate of drug-likeness (QED) is 0.646. The first-order valence-electron chi connectivity index (χ1n) is 6.73. The molecular weight excluding hydrogens is 244 g/mol. The number of nitrogens with one attached hydrogen (secondary N) is 1. The Morgan fingerprint density at radius 3 is 2.83 bits per heavy atom. The van der Waals surface area contributed by atoms with Gasteiger partial charge in [-0.3, -0.25) is 11.3 Å². The molecule has 2 nitrogen and oxygen atoms in total.